The normalized spacial score (nSPS) is 13.4. The number of benzene rings is 2. The van der Waals surface area contributed by atoms with E-state index in [1.54, 1.807) is 0 Å². The molecule has 2 aromatic carbocycles. The molecule has 0 aliphatic rings. The van der Waals surface area contributed by atoms with Crippen LogP contribution in [0.2, 0.25) is 15.1 Å². The summed E-state index contributed by atoms with van der Waals surface area (Å²) in [6.07, 6.45) is -3.90. The maximum atomic E-state index is 15.1. The molecule has 2 rings (SSSR count). The Labute approximate surface area is 224 Å². The molecule has 1 N–H and O–H groups in total. The van der Waals surface area contributed by atoms with Crippen LogP contribution in [-0.4, -0.2) is 49.0 Å². The highest BCUT2D eigenvalue weighted by molar-refractivity contribution is 6.48. The van der Waals surface area contributed by atoms with Gasteiger partial charge < -0.3 is 10.2 Å². The minimum absolute atomic E-state index is 0.0106. The van der Waals surface area contributed by atoms with Gasteiger partial charge in [-0.15, -0.1) is 0 Å². The molecule has 0 saturated carbocycles. The van der Waals surface area contributed by atoms with Crippen molar-refractivity contribution < 1.29 is 35.9 Å². The molecule has 0 spiro atoms. The molecule has 37 heavy (non-hydrogen) atoms. The maximum Gasteiger partial charge on any atom is 0.406 e. The zero-order chi connectivity index (χ0) is 28.3. The predicted octanol–water partition coefficient (Wildman–Crippen LogP) is 7.46. The first-order valence-corrected chi connectivity index (χ1v) is 11.6. The van der Waals surface area contributed by atoms with Crippen molar-refractivity contribution in [3.05, 3.63) is 73.7 Å². The topological polar surface area (TPSA) is 49.4 Å². The Bertz CT molecular complexity index is 1190. The second kappa shape index (κ2) is 12.0. The Morgan fingerprint density at radius 3 is 2.11 bits per heavy atom. The van der Waals surface area contributed by atoms with Crippen LogP contribution in [0.15, 0.2) is 36.4 Å². The van der Waals surface area contributed by atoms with Gasteiger partial charge in [0, 0.05) is 25.1 Å². The molecule has 0 aliphatic carbocycles. The predicted molar refractivity (Wildman–Crippen MR) is 131 cm³/mol. The fourth-order valence-corrected chi connectivity index (χ4v) is 3.96. The second-order valence-electron chi connectivity index (χ2n) is 8.32. The van der Waals surface area contributed by atoms with Crippen LogP contribution in [0, 0.1) is 6.92 Å². The zero-order valence-corrected chi connectivity index (χ0v) is 21.9. The molecule has 0 radical (unpaired) electrons. The summed E-state index contributed by atoms with van der Waals surface area (Å²) in [6, 6.07) is 5.91. The average Bonchev–Trinajstić information content (AvgIpc) is 2.76. The van der Waals surface area contributed by atoms with E-state index in [2.05, 4.69) is 5.32 Å². The van der Waals surface area contributed by atoms with Crippen molar-refractivity contribution in [1.29, 1.82) is 0 Å². The molecular weight excluding hydrogens is 569 g/mol. The third-order valence-corrected chi connectivity index (χ3v) is 6.41. The molecule has 202 valence electrons. The molecule has 0 bridgehead atoms. The van der Waals surface area contributed by atoms with Gasteiger partial charge in [0.05, 0.1) is 27.5 Å². The van der Waals surface area contributed by atoms with Crippen LogP contribution < -0.4 is 5.32 Å². The third-order valence-electron chi connectivity index (χ3n) is 5.21. The summed E-state index contributed by atoms with van der Waals surface area (Å²) >= 11 is 17.7. The molecule has 2 aromatic rings. The Hall–Kier alpha value is -2.43. The molecule has 13 heteroatoms. The highest BCUT2D eigenvalue weighted by Gasteiger charge is 2.35. The minimum atomic E-state index is -4.59. The van der Waals surface area contributed by atoms with E-state index in [0.717, 1.165) is 25.2 Å². The second-order valence-corrected chi connectivity index (χ2v) is 9.52. The van der Waals surface area contributed by atoms with Crippen molar-refractivity contribution in [3.8, 4) is 0 Å². The highest BCUT2D eigenvalue weighted by Crippen LogP contribution is 2.41. The molecule has 0 fully saturated rings. The van der Waals surface area contributed by atoms with Crippen molar-refractivity contribution >= 4 is 52.4 Å². The van der Waals surface area contributed by atoms with Crippen LogP contribution in [0.5, 0.6) is 0 Å². The van der Waals surface area contributed by atoms with Crippen molar-refractivity contribution in [3.63, 3.8) is 0 Å². The van der Waals surface area contributed by atoms with E-state index in [9.17, 15) is 31.5 Å². The van der Waals surface area contributed by atoms with Gasteiger partial charge in [-0.2, -0.15) is 13.2 Å². The maximum absolute atomic E-state index is 15.1. The van der Waals surface area contributed by atoms with E-state index >= 15 is 4.39 Å². The fourth-order valence-electron chi connectivity index (χ4n) is 3.34. The molecule has 0 aliphatic heterocycles. The number of rotatable bonds is 8. The van der Waals surface area contributed by atoms with Crippen LogP contribution in [-0.2, 0) is 4.79 Å². The summed E-state index contributed by atoms with van der Waals surface area (Å²) in [5, 5.41) is 2.00. The quantitative estimate of drug-likeness (QED) is 0.257. The first kappa shape index (κ1) is 30.8. The van der Waals surface area contributed by atoms with Crippen LogP contribution in [0.3, 0.4) is 0 Å². The number of aryl methyl sites for hydroxylation is 1. The Morgan fingerprint density at radius 1 is 1.05 bits per heavy atom. The third kappa shape index (κ3) is 8.55. The fraction of sp³-hybridized carbons (Fsp3) is 0.333. The average molecular weight is 590 g/mol. The van der Waals surface area contributed by atoms with Gasteiger partial charge in [-0.3, -0.25) is 9.59 Å². The summed E-state index contributed by atoms with van der Waals surface area (Å²) in [5.74, 6) is -7.96. The monoisotopic (exact) mass is 588 g/mol. The first-order valence-electron chi connectivity index (χ1n) is 10.5. The number of nitrogens with zero attached hydrogens (tertiary/aromatic N) is 1. The lowest BCUT2D eigenvalue weighted by atomic mass is 9.91. The lowest BCUT2D eigenvalue weighted by Gasteiger charge is -2.22. The van der Waals surface area contributed by atoms with Gasteiger partial charge in [-0.1, -0.05) is 40.9 Å². The molecule has 4 nitrogen and oxygen atoms in total. The molecule has 1 atom stereocenters. The van der Waals surface area contributed by atoms with E-state index in [1.165, 1.54) is 19.1 Å². The van der Waals surface area contributed by atoms with Crippen LogP contribution in [0.1, 0.15) is 39.9 Å². The number of nitrogens with one attached hydrogen (secondary N) is 1. The summed E-state index contributed by atoms with van der Waals surface area (Å²) < 4.78 is 81.0. The highest BCUT2D eigenvalue weighted by atomic mass is 35.5. The Kier molecular flexibility index (Phi) is 9.95. The van der Waals surface area contributed by atoms with Gasteiger partial charge in [0.25, 0.3) is 11.8 Å². The van der Waals surface area contributed by atoms with Gasteiger partial charge in [-0.05, 0) is 48.4 Å². The van der Waals surface area contributed by atoms with E-state index in [0.29, 0.717) is 17.9 Å². The number of hydrogen-bond acceptors (Lipinski definition) is 2. The summed E-state index contributed by atoms with van der Waals surface area (Å²) in [4.78, 5) is 24.6. The number of halogens is 9. The van der Waals surface area contributed by atoms with E-state index in [1.807, 2.05) is 0 Å². The SMILES string of the molecule is Cc1cc(/C(F)=C/C(c2cc(Cl)c(Cl)c(Cl)c2)C(C)(F)F)ccc1C(=O)NCC(=O)N(C)CC(F)(F)F. The number of carbonyl (C=O) groups excluding carboxylic acids is 2. The molecule has 0 saturated heterocycles. The molecule has 0 heterocycles. The van der Waals surface area contributed by atoms with Gasteiger partial charge >= 0.3 is 6.18 Å². The zero-order valence-electron chi connectivity index (χ0n) is 19.6. The largest absolute Gasteiger partial charge is 0.406 e. The summed E-state index contributed by atoms with van der Waals surface area (Å²) in [7, 11) is 0.941. The minimum Gasteiger partial charge on any atom is -0.343 e. The number of allylic oxidation sites excluding steroid dienone is 1. The standard InChI is InChI=1S/C24H21Cl3F6N2O2/c1-12-6-13(4-5-15(12)22(37)34-10-20(36)35(3)11-24(31,32)33)19(28)9-16(23(2,29)30)14-7-17(25)21(27)18(26)8-14/h4-9,16H,10-11H2,1-3H3,(H,34,37)/b19-9-. The lowest BCUT2D eigenvalue weighted by Crippen LogP contribution is -2.42. The molecule has 2 amide bonds. The molecular formula is C24H21Cl3F6N2O2. The summed E-state index contributed by atoms with van der Waals surface area (Å²) in [5.41, 5.74) is 0.0499. The van der Waals surface area contributed by atoms with Gasteiger partial charge in [0.2, 0.25) is 5.91 Å². The number of likely N-dealkylation sites (N-methyl/N-ethyl adjacent to an activating group) is 1. The first-order chi connectivity index (χ1) is 16.9. The van der Waals surface area contributed by atoms with Gasteiger partial charge in [0.1, 0.15) is 12.4 Å². The molecule has 1 unspecified atom stereocenters. The number of carbonyl (C=O) groups is 2. The summed E-state index contributed by atoms with van der Waals surface area (Å²) in [6.45, 7) is -0.133. The molecule has 0 aromatic heterocycles. The smallest absolute Gasteiger partial charge is 0.343 e. The van der Waals surface area contributed by atoms with E-state index in [-0.39, 0.29) is 37.3 Å². The Morgan fingerprint density at radius 2 is 1.62 bits per heavy atom. The van der Waals surface area contributed by atoms with Crippen molar-refractivity contribution in [2.24, 2.45) is 0 Å². The number of hydrogen-bond donors (Lipinski definition) is 1. The van der Waals surface area contributed by atoms with Crippen molar-refractivity contribution in [1.82, 2.24) is 10.2 Å². The van der Waals surface area contributed by atoms with Crippen molar-refractivity contribution in [2.75, 3.05) is 20.1 Å². The van der Waals surface area contributed by atoms with Crippen LogP contribution >= 0.6 is 34.8 Å². The number of amides is 2. The van der Waals surface area contributed by atoms with E-state index < -0.39 is 48.7 Å². The Balaban J connectivity index is 2.24. The number of alkyl halides is 5. The van der Waals surface area contributed by atoms with Gasteiger partial charge in [0.15, 0.2) is 0 Å². The van der Waals surface area contributed by atoms with Crippen LogP contribution in [0.4, 0.5) is 26.3 Å². The lowest BCUT2D eigenvalue weighted by molar-refractivity contribution is -0.157. The van der Waals surface area contributed by atoms with Crippen molar-refractivity contribution in [2.45, 2.75) is 31.9 Å². The van der Waals surface area contributed by atoms with Gasteiger partial charge in [-0.25, -0.2) is 13.2 Å². The van der Waals surface area contributed by atoms with Crippen LogP contribution in [0.25, 0.3) is 5.83 Å². The van der Waals surface area contributed by atoms with E-state index in [4.69, 9.17) is 34.8 Å².